The molecule has 3 rings (SSSR count). The Labute approximate surface area is 154 Å². The number of ether oxygens (including phenoxy) is 1. The second kappa shape index (κ2) is 5.75. The van der Waals surface area contributed by atoms with Crippen molar-refractivity contribution in [2.75, 3.05) is 26.2 Å². The van der Waals surface area contributed by atoms with Crippen molar-refractivity contribution >= 4 is 18.0 Å². The predicted molar refractivity (Wildman–Crippen MR) is 85.7 cm³/mol. The number of halogens is 3. The van der Waals surface area contributed by atoms with E-state index in [9.17, 15) is 32.7 Å². The van der Waals surface area contributed by atoms with E-state index in [1.165, 1.54) is 4.90 Å². The molecule has 1 atom stereocenters. The van der Waals surface area contributed by atoms with Crippen molar-refractivity contribution in [1.82, 2.24) is 9.80 Å². The van der Waals surface area contributed by atoms with Crippen molar-refractivity contribution in [2.24, 2.45) is 16.7 Å². The fourth-order valence-electron chi connectivity index (χ4n) is 4.00. The van der Waals surface area contributed by atoms with E-state index in [-0.39, 0.29) is 39.0 Å². The summed E-state index contributed by atoms with van der Waals surface area (Å²) in [5.74, 6) is -3.07. The number of hydrogen-bond donors (Lipinski definition) is 1. The lowest BCUT2D eigenvalue weighted by molar-refractivity contribution is -0.206. The van der Waals surface area contributed by atoms with Gasteiger partial charge in [-0.15, -0.1) is 0 Å². The van der Waals surface area contributed by atoms with E-state index in [0.29, 0.717) is 0 Å². The Balaban J connectivity index is 1.70. The van der Waals surface area contributed by atoms with Crippen molar-refractivity contribution in [3.8, 4) is 0 Å². The summed E-state index contributed by atoms with van der Waals surface area (Å²) in [5.41, 5.74) is -3.99. The fourth-order valence-corrected chi connectivity index (χ4v) is 4.00. The Morgan fingerprint density at radius 3 is 1.96 bits per heavy atom. The van der Waals surface area contributed by atoms with E-state index in [1.54, 1.807) is 20.8 Å². The highest BCUT2D eigenvalue weighted by Gasteiger charge is 2.71. The maximum absolute atomic E-state index is 13.2. The molecule has 1 N–H and O–H groups in total. The lowest BCUT2D eigenvalue weighted by Crippen LogP contribution is -2.65. The Morgan fingerprint density at radius 1 is 1.04 bits per heavy atom. The zero-order chi connectivity index (χ0) is 20.4. The lowest BCUT2D eigenvalue weighted by Gasteiger charge is -2.50. The molecule has 27 heavy (non-hydrogen) atoms. The van der Waals surface area contributed by atoms with Crippen LogP contribution >= 0.6 is 0 Å². The fraction of sp³-hybridized carbons (Fsp3) is 0.824. The molecule has 0 aromatic rings. The Kier molecular flexibility index (Phi) is 4.20. The van der Waals surface area contributed by atoms with Crippen LogP contribution in [0.3, 0.4) is 0 Å². The Bertz CT molecular complexity index is 675. The SMILES string of the molecule is CC(C)(C)OC(=O)N1C[C@@H](C(=O)O)C2(C1)CN(C(=O)C1(C(F)(F)F)CC1)C2. The highest BCUT2D eigenvalue weighted by molar-refractivity contribution is 5.88. The van der Waals surface area contributed by atoms with Crippen LogP contribution in [0.4, 0.5) is 18.0 Å². The standard InChI is InChI=1S/C17H23F3N2O5/c1-14(2,3)27-13(26)21-6-10(11(23)24)15(7-21)8-22(9-15)12(25)16(4-5-16)17(18,19)20/h10H,4-9H2,1-3H3,(H,23,24)/t10-/m0/s1. The number of carboxylic acids is 1. The van der Waals surface area contributed by atoms with Gasteiger partial charge in [-0.1, -0.05) is 0 Å². The monoisotopic (exact) mass is 392 g/mol. The van der Waals surface area contributed by atoms with Crippen molar-refractivity contribution in [3.05, 3.63) is 0 Å². The summed E-state index contributed by atoms with van der Waals surface area (Å²) in [5, 5.41) is 9.51. The highest BCUT2D eigenvalue weighted by Crippen LogP contribution is 2.60. The minimum atomic E-state index is -4.60. The number of aliphatic carboxylic acids is 1. The van der Waals surface area contributed by atoms with Gasteiger partial charge in [-0.3, -0.25) is 9.59 Å². The molecule has 2 saturated heterocycles. The number of hydrogen-bond acceptors (Lipinski definition) is 4. The van der Waals surface area contributed by atoms with E-state index in [2.05, 4.69) is 0 Å². The van der Waals surface area contributed by atoms with Gasteiger partial charge in [0.05, 0.1) is 5.92 Å². The van der Waals surface area contributed by atoms with E-state index in [4.69, 9.17) is 4.74 Å². The molecular weight excluding hydrogens is 369 g/mol. The summed E-state index contributed by atoms with van der Waals surface area (Å²) >= 11 is 0. The maximum atomic E-state index is 13.2. The molecule has 1 aliphatic carbocycles. The molecule has 152 valence electrons. The minimum absolute atomic E-state index is 0.0433. The third kappa shape index (κ3) is 3.23. The molecular formula is C17H23F3N2O5. The quantitative estimate of drug-likeness (QED) is 0.778. The van der Waals surface area contributed by atoms with Gasteiger partial charge in [-0.2, -0.15) is 13.2 Å². The first-order valence-electron chi connectivity index (χ1n) is 8.78. The van der Waals surface area contributed by atoms with Gasteiger partial charge >= 0.3 is 18.2 Å². The molecule has 2 heterocycles. The third-order valence-corrected chi connectivity index (χ3v) is 5.60. The van der Waals surface area contributed by atoms with Gasteiger partial charge in [0.15, 0.2) is 0 Å². The van der Waals surface area contributed by atoms with Crippen LogP contribution in [0.15, 0.2) is 0 Å². The molecule has 2 amide bonds. The topological polar surface area (TPSA) is 87.2 Å². The first-order chi connectivity index (χ1) is 12.2. The third-order valence-electron chi connectivity index (χ3n) is 5.60. The van der Waals surface area contributed by atoms with Crippen LogP contribution in [0.5, 0.6) is 0 Å². The molecule has 0 aromatic carbocycles. The van der Waals surface area contributed by atoms with Crippen LogP contribution in [0.25, 0.3) is 0 Å². The zero-order valence-corrected chi connectivity index (χ0v) is 15.4. The van der Waals surface area contributed by atoms with Crippen molar-refractivity contribution in [3.63, 3.8) is 0 Å². The van der Waals surface area contributed by atoms with E-state index in [0.717, 1.165) is 4.90 Å². The number of nitrogens with zero attached hydrogens (tertiary/aromatic N) is 2. The molecule has 1 saturated carbocycles. The van der Waals surface area contributed by atoms with Gasteiger partial charge in [0, 0.05) is 31.6 Å². The Hall–Kier alpha value is -2.00. The Morgan fingerprint density at radius 2 is 1.56 bits per heavy atom. The molecule has 10 heteroatoms. The first-order valence-corrected chi connectivity index (χ1v) is 8.78. The molecule has 1 spiro atoms. The van der Waals surface area contributed by atoms with Gasteiger partial charge in [-0.05, 0) is 33.6 Å². The second-order valence-corrected chi connectivity index (χ2v) is 8.86. The molecule has 3 fully saturated rings. The number of alkyl halides is 3. The summed E-state index contributed by atoms with van der Waals surface area (Å²) in [4.78, 5) is 38.6. The molecule has 3 aliphatic rings. The van der Waals surface area contributed by atoms with Crippen LogP contribution in [0, 0.1) is 16.7 Å². The number of carboxylic acid groups (broad SMARTS) is 1. The van der Waals surface area contributed by atoms with E-state index < -0.39 is 46.5 Å². The second-order valence-electron chi connectivity index (χ2n) is 8.86. The summed E-state index contributed by atoms with van der Waals surface area (Å²) in [7, 11) is 0. The van der Waals surface area contributed by atoms with Crippen molar-refractivity contribution in [1.29, 1.82) is 0 Å². The highest BCUT2D eigenvalue weighted by atomic mass is 19.4. The summed E-state index contributed by atoms with van der Waals surface area (Å²) < 4.78 is 44.7. The number of rotatable bonds is 2. The van der Waals surface area contributed by atoms with Gasteiger partial charge in [0.2, 0.25) is 5.91 Å². The summed E-state index contributed by atoms with van der Waals surface area (Å²) in [6, 6.07) is 0. The largest absolute Gasteiger partial charge is 0.481 e. The van der Waals surface area contributed by atoms with Crippen LogP contribution in [0.1, 0.15) is 33.6 Å². The van der Waals surface area contributed by atoms with E-state index in [1.807, 2.05) is 0 Å². The molecule has 0 unspecified atom stereocenters. The molecule has 0 radical (unpaired) electrons. The van der Waals surface area contributed by atoms with Crippen LogP contribution in [0.2, 0.25) is 0 Å². The molecule has 2 aliphatic heterocycles. The molecule has 0 aromatic heterocycles. The van der Waals surface area contributed by atoms with Gasteiger partial charge in [0.1, 0.15) is 11.0 Å². The average molecular weight is 392 g/mol. The van der Waals surface area contributed by atoms with Gasteiger partial charge in [0.25, 0.3) is 0 Å². The number of likely N-dealkylation sites (tertiary alicyclic amines) is 2. The molecule has 0 bridgehead atoms. The minimum Gasteiger partial charge on any atom is -0.481 e. The van der Waals surface area contributed by atoms with Gasteiger partial charge in [-0.25, -0.2) is 4.79 Å². The number of carbonyl (C=O) groups is 3. The first kappa shape index (κ1) is 19.8. The number of amides is 2. The normalized spacial score (nSPS) is 25.9. The maximum Gasteiger partial charge on any atom is 0.410 e. The lowest BCUT2D eigenvalue weighted by atomic mass is 9.71. The van der Waals surface area contributed by atoms with Crippen molar-refractivity contribution < 1.29 is 37.4 Å². The van der Waals surface area contributed by atoms with Crippen LogP contribution in [-0.4, -0.2) is 70.8 Å². The van der Waals surface area contributed by atoms with Crippen LogP contribution < -0.4 is 0 Å². The molecule has 7 nitrogen and oxygen atoms in total. The predicted octanol–water partition coefficient (Wildman–Crippen LogP) is 2.11. The smallest absolute Gasteiger partial charge is 0.410 e. The van der Waals surface area contributed by atoms with Crippen molar-refractivity contribution in [2.45, 2.75) is 45.4 Å². The summed E-state index contributed by atoms with van der Waals surface area (Å²) in [6.45, 7) is 4.81. The van der Waals surface area contributed by atoms with E-state index >= 15 is 0 Å². The van der Waals surface area contributed by atoms with Crippen LogP contribution in [-0.2, 0) is 14.3 Å². The zero-order valence-electron chi connectivity index (χ0n) is 15.4. The van der Waals surface area contributed by atoms with Gasteiger partial charge < -0.3 is 19.6 Å². The number of carbonyl (C=O) groups excluding carboxylic acids is 2. The summed E-state index contributed by atoms with van der Waals surface area (Å²) in [6.07, 6.45) is -5.72. The average Bonchev–Trinajstić information content (AvgIpc) is 3.16.